The standard InChI is InChI=1S/C19H13Cl2N2O6PS/c20-14-6-15(21)8-16(7-14)31(28,29)23(11-30(25,26)27)19-17-4-2-1-3-12(17)5-13(10-24)18(19)9-22/h1-8,10H,11H2,(H2,25,26,27). The number of sulfonamides is 1. The molecule has 0 bridgehead atoms. The zero-order valence-corrected chi connectivity index (χ0v) is 18.7. The summed E-state index contributed by atoms with van der Waals surface area (Å²) in [6, 6.07) is 12.8. The van der Waals surface area contributed by atoms with Crippen molar-refractivity contribution in [1.29, 1.82) is 5.26 Å². The van der Waals surface area contributed by atoms with Crippen molar-refractivity contribution in [2.75, 3.05) is 10.6 Å². The summed E-state index contributed by atoms with van der Waals surface area (Å²) < 4.78 is 39.3. The van der Waals surface area contributed by atoms with E-state index >= 15 is 0 Å². The van der Waals surface area contributed by atoms with Crippen LogP contribution in [0.4, 0.5) is 5.69 Å². The number of halogens is 2. The van der Waals surface area contributed by atoms with Crippen LogP contribution in [0.5, 0.6) is 0 Å². The molecular formula is C19H13Cl2N2O6PS. The van der Waals surface area contributed by atoms with E-state index in [1.165, 1.54) is 18.2 Å². The first kappa shape index (κ1) is 23.2. The molecule has 0 spiro atoms. The van der Waals surface area contributed by atoms with Gasteiger partial charge in [-0.25, -0.2) is 8.42 Å². The molecule has 0 amide bonds. The topological polar surface area (TPSA) is 136 Å². The van der Waals surface area contributed by atoms with Gasteiger partial charge < -0.3 is 9.79 Å². The summed E-state index contributed by atoms with van der Waals surface area (Å²) in [4.78, 5) is 30.4. The van der Waals surface area contributed by atoms with Crippen molar-refractivity contribution in [2.45, 2.75) is 4.90 Å². The van der Waals surface area contributed by atoms with Gasteiger partial charge in [-0.2, -0.15) is 5.26 Å². The SMILES string of the molecule is N#Cc1c(C=O)cc2ccccc2c1N(CP(=O)(O)O)S(=O)(=O)c1cc(Cl)cc(Cl)c1. The largest absolute Gasteiger partial charge is 0.345 e. The number of benzene rings is 3. The third-order valence-corrected chi connectivity index (χ3v) is 7.28. The summed E-state index contributed by atoms with van der Waals surface area (Å²) in [5.74, 6) is 0. The van der Waals surface area contributed by atoms with E-state index in [2.05, 4.69) is 0 Å². The molecular weight excluding hydrogens is 486 g/mol. The quantitative estimate of drug-likeness (QED) is 0.384. The molecule has 0 radical (unpaired) electrons. The van der Waals surface area contributed by atoms with E-state index in [-0.39, 0.29) is 32.2 Å². The highest BCUT2D eigenvalue weighted by molar-refractivity contribution is 7.93. The van der Waals surface area contributed by atoms with Crippen LogP contribution in [0, 0.1) is 11.3 Å². The molecule has 8 nitrogen and oxygen atoms in total. The molecule has 12 heteroatoms. The van der Waals surface area contributed by atoms with Gasteiger partial charge in [0.15, 0.2) is 6.29 Å². The molecule has 0 unspecified atom stereocenters. The Morgan fingerprint density at radius 2 is 1.71 bits per heavy atom. The molecule has 0 saturated carbocycles. The normalized spacial score (nSPS) is 11.8. The smallest absolute Gasteiger partial charge is 0.323 e. The first-order chi connectivity index (χ1) is 14.5. The van der Waals surface area contributed by atoms with Crippen molar-refractivity contribution in [3.8, 4) is 6.07 Å². The fourth-order valence-electron chi connectivity index (χ4n) is 3.06. The van der Waals surface area contributed by atoms with Gasteiger partial charge in [-0.1, -0.05) is 47.5 Å². The number of rotatable bonds is 6. The number of aldehydes is 1. The lowest BCUT2D eigenvalue weighted by Crippen LogP contribution is -2.33. The van der Waals surface area contributed by atoms with Crippen LogP contribution in [0.1, 0.15) is 15.9 Å². The first-order valence-corrected chi connectivity index (χ1v) is 12.4. The minimum absolute atomic E-state index is 0.0192. The van der Waals surface area contributed by atoms with Gasteiger partial charge in [0.25, 0.3) is 10.0 Å². The van der Waals surface area contributed by atoms with Crippen LogP contribution < -0.4 is 4.31 Å². The minimum Gasteiger partial charge on any atom is -0.323 e. The molecule has 0 aliphatic carbocycles. The zero-order valence-electron chi connectivity index (χ0n) is 15.4. The average molecular weight is 499 g/mol. The van der Waals surface area contributed by atoms with Crippen LogP contribution in [0.25, 0.3) is 10.8 Å². The number of nitriles is 1. The van der Waals surface area contributed by atoms with E-state index in [1.54, 1.807) is 24.3 Å². The van der Waals surface area contributed by atoms with E-state index < -0.39 is 28.8 Å². The van der Waals surface area contributed by atoms with E-state index in [0.29, 0.717) is 16.0 Å². The van der Waals surface area contributed by atoms with Crippen LogP contribution >= 0.6 is 30.8 Å². The fourth-order valence-corrected chi connectivity index (χ4v) is 6.49. The van der Waals surface area contributed by atoms with Crippen LogP contribution in [-0.2, 0) is 14.6 Å². The van der Waals surface area contributed by atoms with Gasteiger partial charge in [-0.3, -0.25) is 13.7 Å². The molecule has 2 N–H and O–H groups in total. The molecule has 0 heterocycles. The summed E-state index contributed by atoms with van der Waals surface area (Å²) >= 11 is 11.8. The minimum atomic E-state index is -4.98. The van der Waals surface area contributed by atoms with Crippen molar-refractivity contribution in [3.63, 3.8) is 0 Å². The van der Waals surface area contributed by atoms with Gasteiger partial charge in [0.2, 0.25) is 0 Å². The molecule has 0 aromatic heterocycles. The molecule has 160 valence electrons. The van der Waals surface area contributed by atoms with E-state index in [0.717, 1.165) is 12.1 Å². The van der Waals surface area contributed by atoms with Crippen molar-refractivity contribution < 1.29 is 27.6 Å². The summed E-state index contributed by atoms with van der Waals surface area (Å²) in [7, 11) is -9.65. The zero-order chi connectivity index (χ0) is 23.0. The Balaban J connectivity index is 2.45. The molecule has 0 aliphatic rings. The van der Waals surface area contributed by atoms with Crippen LogP contribution in [0.15, 0.2) is 53.4 Å². The summed E-state index contributed by atoms with van der Waals surface area (Å²) in [5.41, 5.74) is -0.813. The molecule has 3 aromatic carbocycles. The summed E-state index contributed by atoms with van der Waals surface area (Å²) in [6.07, 6.45) is -0.909. The predicted molar refractivity (Wildman–Crippen MR) is 117 cm³/mol. The van der Waals surface area contributed by atoms with E-state index in [4.69, 9.17) is 23.2 Å². The van der Waals surface area contributed by atoms with Gasteiger partial charge >= 0.3 is 7.60 Å². The molecule has 0 atom stereocenters. The number of carbonyl (C=O) groups excluding carboxylic acids is 1. The van der Waals surface area contributed by atoms with Crippen LogP contribution in [-0.4, -0.2) is 30.8 Å². The summed E-state index contributed by atoms with van der Waals surface area (Å²) in [6.45, 7) is 0. The first-order valence-electron chi connectivity index (χ1n) is 8.42. The Morgan fingerprint density at radius 1 is 1.10 bits per heavy atom. The Bertz CT molecular complexity index is 1380. The second-order valence-electron chi connectivity index (χ2n) is 6.41. The maximum atomic E-state index is 13.5. The molecule has 0 saturated heterocycles. The van der Waals surface area contributed by atoms with E-state index in [1.807, 2.05) is 0 Å². The number of carbonyl (C=O) groups is 1. The van der Waals surface area contributed by atoms with Crippen molar-refractivity contribution in [2.24, 2.45) is 0 Å². The Kier molecular flexibility index (Phi) is 6.44. The lowest BCUT2D eigenvalue weighted by atomic mass is 9.99. The van der Waals surface area contributed by atoms with Gasteiger partial charge in [-0.05, 0) is 29.7 Å². The average Bonchev–Trinajstić information content (AvgIpc) is 2.69. The number of hydrogen-bond donors (Lipinski definition) is 2. The number of nitrogens with zero attached hydrogens (tertiary/aromatic N) is 2. The van der Waals surface area contributed by atoms with Gasteiger partial charge in [0.1, 0.15) is 12.4 Å². The maximum Gasteiger partial charge on any atom is 0.345 e. The number of hydrogen-bond acceptors (Lipinski definition) is 5. The third kappa shape index (κ3) is 4.75. The predicted octanol–water partition coefficient (Wildman–Crippen LogP) is 4.16. The molecule has 0 fully saturated rings. The number of anilines is 1. The highest BCUT2D eigenvalue weighted by Gasteiger charge is 2.35. The maximum absolute atomic E-state index is 13.5. The lowest BCUT2D eigenvalue weighted by molar-refractivity contribution is 0.112. The van der Waals surface area contributed by atoms with Gasteiger partial charge in [0, 0.05) is 21.0 Å². The lowest BCUT2D eigenvalue weighted by Gasteiger charge is -2.27. The van der Waals surface area contributed by atoms with Crippen molar-refractivity contribution in [3.05, 3.63) is 69.7 Å². The Morgan fingerprint density at radius 3 is 2.26 bits per heavy atom. The highest BCUT2D eigenvalue weighted by Crippen LogP contribution is 2.43. The summed E-state index contributed by atoms with van der Waals surface area (Å²) in [5, 5.41) is 10.3. The fraction of sp³-hybridized carbons (Fsp3) is 0.0526. The van der Waals surface area contributed by atoms with E-state index in [9.17, 15) is 32.8 Å². The Labute approximate surface area is 187 Å². The molecule has 31 heavy (non-hydrogen) atoms. The molecule has 3 aromatic rings. The van der Waals surface area contributed by atoms with Crippen LogP contribution in [0.3, 0.4) is 0 Å². The Hall–Kier alpha value is -2.44. The second-order valence-corrected chi connectivity index (χ2v) is 10.8. The van der Waals surface area contributed by atoms with Gasteiger partial charge in [0.05, 0.1) is 16.1 Å². The van der Waals surface area contributed by atoms with Crippen LogP contribution in [0.2, 0.25) is 10.0 Å². The second kappa shape index (κ2) is 8.60. The van der Waals surface area contributed by atoms with Gasteiger partial charge in [-0.15, -0.1) is 0 Å². The number of fused-ring (bicyclic) bond motifs is 1. The van der Waals surface area contributed by atoms with Crippen molar-refractivity contribution >= 4 is 63.6 Å². The highest BCUT2D eigenvalue weighted by atomic mass is 35.5. The third-order valence-electron chi connectivity index (χ3n) is 4.28. The molecule has 0 aliphatic heterocycles. The monoisotopic (exact) mass is 498 g/mol. The van der Waals surface area contributed by atoms with Crippen molar-refractivity contribution in [1.82, 2.24) is 0 Å². The molecule has 3 rings (SSSR count).